The van der Waals surface area contributed by atoms with Gasteiger partial charge in [0.1, 0.15) is 0 Å². The van der Waals surface area contributed by atoms with Gasteiger partial charge in [0.05, 0.1) is 13.2 Å². The van der Waals surface area contributed by atoms with Gasteiger partial charge in [0.15, 0.2) is 5.79 Å². The topological polar surface area (TPSA) is 18.5 Å². The molecule has 1 fully saturated rings. The fraction of sp³-hybridized carbons (Fsp3) is 0.733. The van der Waals surface area contributed by atoms with E-state index < -0.39 is 5.79 Å². The molecule has 1 saturated heterocycles. The lowest BCUT2D eigenvalue weighted by atomic mass is 9.68. The minimum absolute atomic E-state index is 0.338. The number of ether oxygens (including phenoxy) is 2. The maximum atomic E-state index is 5.61. The molecule has 2 heteroatoms. The summed E-state index contributed by atoms with van der Waals surface area (Å²) in [5, 5.41) is 0. The molecule has 0 bridgehead atoms. The highest BCUT2D eigenvalue weighted by molar-refractivity contribution is 5.19. The quantitative estimate of drug-likeness (QED) is 0.681. The molecule has 1 atom stereocenters. The number of rotatable bonds is 2. The minimum Gasteiger partial charge on any atom is -0.344 e. The molecule has 0 spiro atoms. The first-order valence-corrected chi connectivity index (χ1v) is 6.57. The van der Waals surface area contributed by atoms with E-state index in [9.17, 15) is 0 Å². The number of hydrogen-bond acceptors (Lipinski definition) is 2. The van der Waals surface area contributed by atoms with Crippen LogP contribution in [0.4, 0.5) is 0 Å². The van der Waals surface area contributed by atoms with Gasteiger partial charge in [0, 0.05) is 5.92 Å². The SMILES string of the molecule is CC1=CCCC(C)(C)[C@H]1/C=C/C1(C)OCCO1. The van der Waals surface area contributed by atoms with E-state index in [0.29, 0.717) is 24.5 Å². The Kier molecular flexibility index (Phi) is 3.46. The van der Waals surface area contributed by atoms with Crippen LogP contribution in [-0.4, -0.2) is 19.0 Å². The molecule has 0 amide bonds. The first-order chi connectivity index (χ1) is 7.93. The summed E-state index contributed by atoms with van der Waals surface area (Å²) in [6.45, 7) is 10.3. The molecule has 1 heterocycles. The van der Waals surface area contributed by atoms with Gasteiger partial charge in [-0.1, -0.05) is 31.6 Å². The van der Waals surface area contributed by atoms with E-state index in [1.165, 1.54) is 18.4 Å². The molecular formula is C15H24O2. The van der Waals surface area contributed by atoms with Crippen molar-refractivity contribution in [3.05, 3.63) is 23.8 Å². The van der Waals surface area contributed by atoms with Gasteiger partial charge in [-0.15, -0.1) is 0 Å². The van der Waals surface area contributed by atoms with E-state index in [1.54, 1.807) is 0 Å². The first kappa shape index (κ1) is 12.8. The van der Waals surface area contributed by atoms with E-state index >= 15 is 0 Å². The molecule has 0 N–H and O–H groups in total. The normalized spacial score (nSPS) is 31.8. The zero-order chi connectivity index (χ0) is 12.5. The van der Waals surface area contributed by atoms with Crippen molar-refractivity contribution in [1.82, 2.24) is 0 Å². The van der Waals surface area contributed by atoms with Crippen LogP contribution in [0.2, 0.25) is 0 Å². The van der Waals surface area contributed by atoms with Gasteiger partial charge in [0.25, 0.3) is 0 Å². The maximum absolute atomic E-state index is 5.61. The van der Waals surface area contributed by atoms with Crippen molar-refractivity contribution in [2.75, 3.05) is 13.2 Å². The van der Waals surface area contributed by atoms with Crippen LogP contribution in [0.15, 0.2) is 23.8 Å². The van der Waals surface area contributed by atoms with Gasteiger partial charge in [-0.05, 0) is 38.2 Å². The largest absolute Gasteiger partial charge is 0.344 e. The molecule has 2 rings (SSSR count). The Bertz CT molecular complexity index is 333. The highest BCUT2D eigenvalue weighted by atomic mass is 16.7. The Morgan fingerprint density at radius 3 is 2.47 bits per heavy atom. The van der Waals surface area contributed by atoms with E-state index in [4.69, 9.17) is 9.47 Å². The summed E-state index contributed by atoms with van der Waals surface area (Å²) < 4.78 is 11.2. The summed E-state index contributed by atoms with van der Waals surface area (Å²) in [5.74, 6) is -0.00533. The molecular weight excluding hydrogens is 212 g/mol. The molecule has 2 aliphatic rings. The Hall–Kier alpha value is -0.600. The van der Waals surface area contributed by atoms with Crippen molar-refractivity contribution in [2.24, 2.45) is 11.3 Å². The van der Waals surface area contributed by atoms with Crippen LogP contribution in [-0.2, 0) is 9.47 Å². The minimum atomic E-state index is -0.506. The highest BCUT2D eigenvalue weighted by Gasteiger charge is 2.33. The molecule has 1 aliphatic heterocycles. The van der Waals surface area contributed by atoms with Crippen molar-refractivity contribution in [2.45, 2.75) is 46.3 Å². The van der Waals surface area contributed by atoms with Crippen LogP contribution < -0.4 is 0 Å². The van der Waals surface area contributed by atoms with Crippen molar-refractivity contribution in [3.63, 3.8) is 0 Å². The maximum Gasteiger partial charge on any atom is 0.185 e. The second-order valence-electron chi connectivity index (χ2n) is 6.03. The molecule has 0 saturated carbocycles. The third-order valence-corrected chi connectivity index (χ3v) is 4.04. The van der Waals surface area contributed by atoms with Gasteiger partial charge in [-0.2, -0.15) is 0 Å². The fourth-order valence-electron chi connectivity index (χ4n) is 2.88. The van der Waals surface area contributed by atoms with Gasteiger partial charge in [-0.3, -0.25) is 0 Å². The van der Waals surface area contributed by atoms with Crippen LogP contribution >= 0.6 is 0 Å². The summed E-state index contributed by atoms with van der Waals surface area (Å²) >= 11 is 0. The molecule has 0 aromatic carbocycles. The summed E-state index contributed by atoms with van der Waals surface area (Å²) in [7, 11) is 0. The smallest absolute Gasteiger partial charge is 0.185 e. The predicted molar refractivity (Wildman–Crippen MR) is 69.7 cm³/mol. The molecule has 0 radical (unpaired) electrons. The van der Waals surface area contributed by atoms with E-state index in [2.05, 4.69) is 39.0 Å². The zero-order valence-corrected chi connectivity index (χ0v) is 11.5. The standard InChI is InChI=1S/C15H24O2/c1-12-6-5-8-14(2,3)13(12)7-9-15(4)16-10-11-17-15/h6-7,9,13H,5,8,10-11H2,1-4H3/b9-7+/t13-/m0/s1. The summed E-state index contributed by atoms with van der Waals surface area (Å²) in [6.07, 6.45) is 9.18. The van der Waals surface area contributed by atoms with Crippen LogP contribution in [0.3, 0.4) is 0 Å². The Morgan fingerprint density at radius 2 is 1.88 bits per heavy atom. The highest BCUT2D eigenvalue weighted by Crippen LogP contribution is 2.42. The zero-order valence-electron chi connectivity index (χ0n) is 11.5. The lowest BCUT2D eigenvalue weighted by Crippen LogP contribution is -2.28. The molecule has 0 aromatic heterocycles. The predicted octanol–water partition coefficient (Wildman–Crippen LogP) is 3.69. The summed E-state index contributed by atoms with van der Waals surface area (Å²) in [5.41, 5.74) is 1.81. The average molecular weight is 236 g/mol. The van der Waals surface area contributed by atoms with Crippen molar-refractivity contribution < 1.29 is 9.47 Å². The van der Waals surface area contributed by atoms with E-state index in [-0.39, 0.29) is 0 Å². The van der Waals surface area contributed by atoms with Gasteiger partial charge >= 0.3 is 0 Å². The fourth-order valence-corrected chi connectivity index (χ4v) is 2.88. The van der Waals surface area contributed by atoms with Crippen LogP contribution in [0.1, 0.15) is 40.5 Å². The van der Waals surface area contributed by atoms with Crippen molar-refractivity contribution >= 4 is 0 Å². The van der Waals surface area contributed by atoms with E-state index in [0.717, 1.165) is 0 Å². The Morgan fingerprint density at radius 1 is 1.24 bits per heavy atom. The van der Waals surface area contributed by atoms with Gasteiger partial charge in [0.2, 0.25) is 0 Å². The third kappa shape index (κ3) is 2.80. The molecule has 96 valence electrons. The Labute approximate surface area is 105 Å². The second kappa shape index (κ2) is 4.58. The summed E-state index contributed by atoms with van der Waals surface area (Å²) in [4.78, 5) is 0. The van der Waals surface area contributed by atoms with Crippen LogP contribution in [0, 0.1) is 11.3 Å². The van der Waals surface area contributed by atoms with Gasteiger partial charge < -0.3 is 9.47 Å². The lowest BCUT2D eigenvalue weighted by molar-refractivity contribution is -0.100. The Balaban J connectivity index is 2.13. The molecule has 17 heavy (non-hydrogen) atoms. The van der Waals surface area contributed by atoms with Crippen LogP contribution in [0.5, 0.6) is 0 Å². The lowest BCUT2D eigenvalue weighted by Gasteiger charge is -2.37. The average Bonchev–Trinajstić information content (AvgIpc) is 2.64. The first-order valence-electron chi connectivity index (χ1n) is 6.57. The molecule has 2 nitrogen and oxygen atoms in total. The molecule has 1 aliphatic carbocycles. The third-order valence-electron chi connectivity index (χ3n) is 4.04. The molecule has 0 aromatic rings. The molecule has 0 unspecified atom stereocenters. The monoisotopic (exact) mass is 236 g/mol. The number of hydrogen-bond donors (Lipinski definition) is 0. The van der Waals surface area contributed by atoms with Gasteiger partial charge in [-0.25, -0.2) is 0 Å². The second-order valence-corrected chi connectivity index (χ2v) is 6.03. The summed E-state index contributed by atoms with van der Waals surface area (Å²) in [6, 6.07) is 0. The van der Waals surface area contributed by atoms with E-state index in [1.807, 2.05) is 6.92 Å². The number of allylic oxidation sites excluding steroid dienone is 3. The van der Waals surface area contributed by atoms with Crippen LogP contribution in [0.25, 0.3) is 0 Å². The van der Waals surface area contributed by atoms with Crippen molar-refractivity contribution in [1.29, 1.82) is 0 Å². The van der Waals surface area contributed by atoms with Crippen molar-refractivity contribution in [3.8, 4) is 0 Å².